The molecule has 0 aromatic heterocycles. The Bertz CT molecular complexity index is 508. The molecule has 3 rings (SSSR count). The lowest BCUT2D eigenvalue weighted by molar-refractivity contribution is -0.108. The highest BCUT2D eigenvalue weighted by Gasteiger charge is 2.50. The molecule has 0 aliphatic heterocycles. The second kappa shape index (κ2) is 5.62. The third kappa shape index (κ3) is 2.47. The molecule has 0 radical (unpaired) electrons. The van der Waals surface area contributed by atoms with Gasteiger partial charge in [-0.2, -0.15) is 0 Å². The Labute approximate surface area is 127 Å². The summed E-state index contributed by atoms with van der Waals surface area (Å²) in [5, 5.41) is 11.4. The first-order valence-corrected chi connectivity index (χ1v) is 8.21. The molecule has 2 aliphatic rings. The van der Waals surface area contributed by atoms with E-state index in [1.54, 1.807) is 7.11 Å². The summed E-state index contributed by atoms with van der Waals surface area (Å²) in [6.07, 6.45) is 8.31. The lowest BCUT2D eigenvalue weighted by Crippen LogP contribution is -2.56. The summed E-state index contributed by atoms with van der Waals surface area (Å²) < 4.78 is 5.34. The predicted molar refractivity (Wildman–Crippen MR) is 84.5 cm³/mol. The van der Waals surface area contributed by atoms with Gasteiger partial charge in [0.15, 0.2) is 0 Å². The highest BCUT2D eigenvalue weighted by molar-refractivity contribution is 5.39. The van der Waals surface area contributed by atoms with Crippen LogP contribution >= 0.6 is 0 Å². The second-order valence-electron chi connectivity index (χ2n) is 6.89. The molecule has 0 heterocycles. The number of rotatable bonds is 3. The van der Waals surface area contributed by atoms with Crippen LogP contribution in [0.2, 0.25) is 0 Å². The van der Waals surface area contributed by atoms with Crippen molar-refractivity contribution in [2.24, 2.45) is 11.1 Å². The van der Waals surface area contributed by atoms with E-state index in [4.69, 9.17) is 10.5 Å². The lowest BCUT2D eigenvalue weighted by atomic mass is 9.58. The van der Waals surface area contributed by atoms with E-state index in [0.29, 0.717) is 6.54 Å². The van der Waals surface area contributed by atoms with Crippen LogP contribution in [0.3, 0.4) is 0 Å². The highest BCUT2D eigenvalue weighted by atomic mass is 16.5. The van der Waals surface area contributed by atoms with Gasteiger partial charge in [0, 0.05) is 18.4 Å². The van der Waals surface area contributed by atoms with E-state index < -0.39 is 5.60 Å². The molecule has 0 bridgehead atoms. The summed E-state index contributed by atoms with van der Waals surface area (Å²) in [7, 11) is 1.69. The van der Waals surface area contributed by atoms with E-state index in [0.717, 1.165) is 37.9 Å². The summed E-state index contributed by atoms with van der Waals surface area (Å²) in [5.74, 6) is 0.878. The van der Waals surface area contributed by atoms with Crippen molar-refractivity contribution in [1.29, 1.82) is 0 Å². The second-order valence-corrected chi connectivity index (χ2v) is 6.89. The highest BCUT2D eigenvalue weighted by Crippen LogP contribution is 2.49. The Kier molecular flexibility index (Phi) is 3.98. The summed E-state index contributed by atoms with van der Waals surface area (Å²) in [6, 6.07) is 6.25. The Morgan fingerprint density at radius 2 is 1.90 bits per heavy atom. The van der Waals surface area contributed by atoms with Crippen LogP contribution in [-0.2, 0) is 12.8 Å². The molecule has 1 atom stereocenters. The molecule has 3 N–H and O–H groups in total. The van der Waals surface area contributed by atoms with Crippen LogP contribution in [0.4, 0.5) is 0 Å². The van der Waals surface area contributed by atoms with Crippen LogP contribution < -0.4 is 10.5 Å². The zero-order chi connectivity index (χ0) is 14.9. The maximum Gasteiger partial charge on any atom is 0.119 e. The Balaban J connectivity index is 1.92. The average Bonchev–Trinajstić information content (AvgIpc) is 2.54. The van der Waals surface area contributed by atoms with Crippen LogP contribution in [0, 0.1) is 5.41 Å². The van der Waals surface area contributed by atoms with E-state index >= 15 is 0 Å². The van der Waals surface area contributed by atoms with Gasteiger partial charge in [-0.25, -0.2) is 0 Å². The van der Waals surface area contributed by atoms with Crippen LogP contribution in [0.15, 0.2) is 18.2 Å². The molecule has 3 nitrogen and oxygen atoms in total. The SMILES string of the molecule is COc1ccc2c(c1)CC(O)(C1(CN)CCCCC1)CC2. The van der Waals surface area contributed by atoms with Gasteiger partial charge in [0.05, 0.1) is 12.7 Å². The fourth-order valence-electron chi connectivity index (χ4n) is 4.42. The summed E-state index contributed by atoms with van der Waals surface area (Å²) in [6.45, 7) is 0.600. The van der Waals surface area contributed by atoms with Gasteiger partial charge in [-0.1, -0.05) is 25.3 Å². The summed E-state index contributed by atoms with van der Waals surface area (Å²) >= 11 is 0. The average molecular weight is 289 g/mol. The maximum atomic E-state index is 11.4. The van der Waals surface area contributed by atoms with Crippen LogP contribution in [0.25, 0.3) is 0 Å². The van der Waals surface area contributed by atoms with Crippen molar-refractivity contribution >= 4 is 0 Å². The van der Waals surface area contributed by atoms with Crippen molar-refractivity contribution in [2.75, 3.05) is 13.7 Å². The van der Waals surface area contributed by atoms with Gasteiger partial charge in [0.2, 0.25) is 0 Å². The molecule has 0 spiro atoms. The number of benzene rings is 1. The van der Waals surface area contributed by atoms with Crippen molar-refractivity contribution < 1.29 is 9.84 Å². The summed E-state index contributed by atoms with van der Waals surface area (Å²) in [4.78, 5) is 0. The van der Waals surface area contributed by atoms with Crippen molar-refractivity contribution in [3.63, 3.8) is 0 Å². The molecular weight excluding hydrogens is 262 g/mol. The van der Waals surface area contributed by atoms with Gasteiger partial charge in [-0.05, 0) is 48.9 Å². The van der Waals surface area contributed by atoms with Crippen LogP contribution in [-0.4, -0.2) is 24.4 Å². The van der Waals surface area contributed by atoms with E-state index in [-0.39, 0.29) is 5.41 Å². The predicted octanol–water partition coefficient (Wildman–Crippen LogP) is 2.82. The fraction of sp³-hybridized carbons (Fsp3) is 0.667. The molecule has 0 amide bonds. The van der Waals surface area contributed by atoms with Crippen molar-refractivity contribution in [3.05, 3.63) is 29.3 Å². The topological polar surface area (TPSA) is 55.5 Å². The number of hydrogen-bond acceptors (Lipinski definition) is 3. The van der Waals surface area contributed by atoms with Crippen molar-refractivity contribution in [2.45, 2.75) is 57.0 Å². The molecule has 0 saturated heterocycles. The molecule has 116 valence electrons. The first kappa shape index (κ1) is 14.9. The maximum absolute atomic E-state index is 11.4. The Morgan fingerprint density at radius 1 is 1.14 bits per heavy atom. The molecule has 1 aromatic carbocycles. The number of nitrogens with two attached hydrogens (primary N) is 1. The first-order valence-electron chi connectivity index (χ1n) is 8.21. The van der Waals surface area contributed by atoms with Gasteiger partial charge in [-0.3, -0.25) is 0 Å². The third-order valence-corrected chi connectivity index (χ3v) is 5.89. The van der Waals surface area contributed by atoms with Crippen molar-refractivity contribution in [3.8, 4) is 5.75 Å². The zero-order valence-corrected chi connectivity index (χ0v) is 13.0. The number of aliphatic hydroxyl groups is 1. The molecule has 2 aliphatic carbocycles. The van der Waals surface area contributed by atoms with Crippen LogP contribution in [0.1, 0.15) is 49.7 Å². The van der Waals surface area contributed by atoms with Gasteiger partial charge < -0.3 is 15.6 Å². The minimum atomic E-state index is -0.651. The first-order chi connectivity index (χ1) is 10.1. The molecule has 1 fully saturated rings. The molecular formula is C18H27NO2. The molecule has 21 heavy (non-hydrogen) atoms. The van der Waals surface area contributed by atoms with Crippen molar-refractivity contribution in [1.82, 2.24) is 0 Å². The minimum Gasteiger partial charge on any atom is -0.497 e. The number of fused-ring (bicyclic) bond motifs is 1. The smallest absolute Gasteiger partial charge is 0.119 e. The van der Waals surface area contributed by atoms with Gasteiger partial charge >= 0.3 is 0 Å². The fourth-order valence-corrected chi connectivity index (χ4v) is 4.42. The third-order valence-electron chi connectivity index (χ3n) is 5.89. The standard InChI is InChI=1S/C18H27NO2/c1-21-16-6-5-14-7-10-18(20,12-15(14)11-16)17(13-19)8-3-2-4-9-17/h5-6,11,20H,2-4,7-10,12-13,19H2,1H3. The lowest BCUT2D eigenvalue weighted by Gasteiger charge is -2.51. The van der Waals surface area contributed by atoms with E-state index in [1.165, 1.54) is 30.4 Å². The Hall–Kier alpha value is -1.06. The van der Waals surface area contributed by atoms with E-state index in [2.05, 4.69) is 12.1 Å². The van der Waals surface area contributed by atoms with Gasteiger partial charge in [0.1, 0.15) is 5.75 Å². The number of ether oxygens (including phenoxy) is 1. The number of methoxy groups -OCH3 is 1. The molecule has 3 heteroatoms. The Morgan fingerprint density at radius 3 is 2.57 bits per heavy atom. The van der Waals surface area contributed by atoms with E-state index in [1.807, 2.05) is 6.07 Å². The van der Waals surface area contributed by atoms with Gasteiger partial charge in [0.25, 0.3) is 0 Å². The normalized spacial score (nSPS) is 28.0. The largest absolute Gasteiger partial charge is 0.497 e. The quantitative estimate of drug-likeness (QED) is 0.899. The molecule has 1 aromatic rings. The minimum absolute atomic E-state index is 0.0913. The zero-order valence-electron chi connectivity index (χ0n) is 13.0. The number of hydrogen-bond donors (Lipinski definition) is 2. The molecule has 1 saturated carbocycles. The van der Waals surface area contributed by atoms with Crippen LogP contribution in [0.5, 0.6) is 5.75 Å². The molecule has 1 unspecified atom stereocenters. The number of aryl methyl sites for hydroxylation is 1. The summed E-state index contributed by atoms with van der Waals surface area (Å²) in [5.41, 5.74) is 7.99. The monoisotopic (exact) mass is 289 g/mol. The van der Waals surface area contributed by atoms with Gasteiger partial charge in [-0.15, -0.1) is 0 Å². The van der Waals surface area contributed by atoms with E-state index in [9.17, 15) is 5.11 Å².